The fourth-order valence-corrected chi connectivity index (χ4v) is 2.39. The first kappa shape index (κ1) is 14.0. The average Bonchev–Trinajstić information content (AvgIpc) is 3.25. The molecule has 0 saturated heterocycles. The number of H-pyrrole nitrogens is 1. The topological polar surface area (TPSA) is 79.8 Å². The molecule has 1 fully saturated rings. The van der Waals surface area contributed by atoms with Gasteiger partial charge in [0.25, 0.3) is 5.56 Å². The molecule has 0 radical (unpaired) electrons. The summed E-state index contributed by atoms with van der Waals surface area (Å²) >= 11 is 0. The molecule has 0 unspecified atom stereocenters. The molecule has 2 aromatic heterocycles. The van der Waals surface area contributed by atoms with E-state index in [-0.39, 0.29) is 5.56 Å². The summed E-state index contributed by atoms with van der Waals surface area (Å²) in [6, 6.07) is 2.43. The summed E-state index contributed by atoms with van der Waals surface area (Å²) in [5, 5.41) is 3.87. The third kappa shape index (κ3) is 3.05. The van der Waals surface area contributed by atoms with Gasteiger partial charge in [-0.3, -0.25) is 14.3 Å². The first-order valence-electron chi connectivity index (χ1n) is 7.39. The van der Waals surface area contributed by atoms with Gasteiger partial charge in [0.15, 0.2) is 0 Å². The van der Waals surface area contributed by atoms with Crippen molar-refractivity contribution in [2.75, 3.05) is 0 Å². The molecule has 3 rings (SSSR count). The second-order valence-corrected chi connectivity index (χ2v) is 6.13. The van der Waals surface area contributed by atoms with Crippen molar-refractivity contribution in [2.45, 2.75) is 45.8 Å². The minimum absolute atomic E-state index is 0.301. The normalized spacial score (nSPS) is 15.0. The SMILES string of the molecule is CC(C)Cn1c(=O)[nH]c(=O)c2cc(CNC3CC3)cnc21. The number of hydrogen-bond acceptors (Lipinski definition) is 4. The Balaban J connectivity index is 2.03. The van der Waals surface area contributed by atoms with Crippen LogP contribution in [0.5, 0.6) is 0 Å². The summed E-state index contributed by atoms with van der Waals surface area (Å²) in [5.41, 5.74) is 0.676. The highest BCUT2D eigenvalue weighted by Gasteiger charge is 2.20. The van der Waals surface area contributed by atoms with Gasteiger partial charge in [0.1, 0.15) is 5.65 Å². The molecule has 0 aromatic carbocycles. The molecule has 0 amide bonds. The standard InChI is InChI=1S/C15H20N4O2/c1-9(2)8-19-13-12(14(20)18-15(19)21)5-10(7-17-13)6-16-11-3-4-11/h5,7,9,11,16H,3-4,6,8H2,1-2H3,(H,18,20,21). The van der Waals surface area contributed by atoms with E-state index < -0.39 is 5.69 Å². The number of hydrogen-bond donors (Lipinski definition) is 2. The van der Waals surface area contributed by atoms with Crippen molar-refractivity contribution in [1.29, 1.82) is 0 Å². The van der Waals surface area contributed by atoms with E-state index >= 15 is 0 Å². The minimum Gasteiger partial charge on any atom is -0.310 e. The van der Waals surface area contributed by atoms with Crippen LogP contribution in [0.25, 0.3) is 11.0 Å². The van der Waals surface area contributed by atoms with Gasteiger partial charge in [0.2, 0.25) is 0 Å². The van der Waals surface area contributed by atoms with Crippen LogP contribution < -0.4 is 16.6 Å². The first-order chi connectivity index (χ1) is 10.0. The van der Waals surface area contributed by atoms with E-state index in [2.05, 4.69) is 15.3 Å². The fraction of sp³-hybridized carbons (Fsp3) is 0.533. The minimum atomic E-state index is -0.391. The van der Waals surface area contributed by atoms with E-state index in [0.717, 1.165) is 5.56 Å². The predicted octanol–water partition coefficient (Wildman–Crippen LogP) is 0.993. The molecule has 0 bridgehead atoms. The second kappa shape index (κ2) is 5.44. The maximum Gasteiger partial charge on any atom is 0.330 e. The Labute approximate surface area is 122 Å². The van der Waals surface area contributed by atoms with E-state index in [1.807, 2.05) is 19.9 Å². The molecule has 0 atom stereocenters. The number of nitrogens with zero attached hydrogens (tertiary/aromatic N) is 2. The maximum atomic E-state index is 12.0. The lowest BCUT2D eigenvalue weighted by atomic mass is 10.2. The number of pyridine rings is 1. The molecule has 21 heavy (non-hydrogen) atoms. The third-order valence-electron chi connectivity index (χ3n) is 3.61. The molecule has 2 aromatic rings. The van der Waals surface area contributed by atoms with Gasteiger partial charge in [0, 0.05) is 25.3 Å². The van der Waals surface area contributed by atoms with Crippen molar-refractivity contribution in [3.05, 3.63) is 38.7 Å². The van der Waals surface area contributed by atoms with Gasteiger partial charge in [-0.1, -0.05) is 13.8 Å². The monoisotopic (exact) mass is 288 g/mol. The highest BCUT2D eigenvalue weighted by atomic mass is 16.2. The Kier molecular flexibility index (Phi) is 3.63. The van der Waals surface area contributed by atoms with E-state index in [1.165, 1.54) is 12.8 Å². The molecule has 2 heterocycles. The van der Waals surface area contributed by atoms with Crippen LogP contribution in [0, 0.1) is 5.92 Å². The van der Waals surface area contributed by atoms with Crippen LogP contribution in [-0.4, -0.2) is 20.6 Å². The Morgan fingerprint density at radius 1 is 1.43 bits per heavy atom. The molecule has 1 saturated carbocycles. The predicted molar refractivity (Wildman–Crippen MR) is 81.3 cm³/mol. The van der Waals surface area contributed by atoms with Crippen molar-refractivity contribution in [1.82, 2.24) is 19.9 Å². The first-order valence-corrected chi connectivity index (χ1v) is 7.39. The van der Waals surface area contributed by atoms with E-state index in [9.17, 15) is 9.59 Å². The van der Waals surface area contributed by atoms with Crippen molar-refractivity contribution in [3.8, 4) is 0 Å². The molecular formula is C15H20N4O2. The van der Waals surface area contributed by atoms with E-state index in [1.54, 1.807) is 10.8 Å². The largest absolute Gasteiger partial charge is 0.330 e. The lowest BCUT2D eigenvalue weighted by molar-refractivity contribution is 0.513. The third-order valence-corrected chi connectivity index (χ3v) is 3.61. The van der Waals surface area contributed by atoms with Gasteiger partial charge in [-0.25, -0.2) is 9.78 Å². The zero-order chi connectivity index (χ0) is 15.0. The molecule has 0 spiro atoms. The van der Waals surface area contributed by atoms with Crippen molar-refractivity contribution < 1.29 is 0 Å². The number of aromatic amines is 1. The molecule has 0 aliphatic heterocycles. The lowest BCUT2D eigenvalue weighted by Crippen LogP contribution is -2.32. The highest BCUT2D eigenvalue weighted by molar-refractivity contribution is 5.74. The van der Waals surface area contributed by atoms with Crippen LogP contribution in [0.2, 0.25) is 0 Å². The fourth-order valence-electron chi connectivity index (χ4n) is 2.39. The Morgan fingerprint density at radius 2 is 2.19 bits per heavy atom. The van der Waals surface area contributed by atoms with Crippen LogP contribution in [0.15, 0.2) is 21.9 Å². The molecule has 112 valence electrons. The van der Waals surface area contributed by atoms with Crippen LogP contribution in [-0.2, 0) is 13.1 Å². The van der Waals surface area contributed by atoms with Crippen molar-refractivity contribution in [2.24, 2.45) is 5.92 Å². The molecule has 1 aliphatic carbocycles. The van der Waals surface area contributed by atoms with E-state index in [0.29, 0.717) is 36.1 Å². The summed E-state index contributed by atoms with van der Waals surface area (Å²) in [5.74, 6) is 0.301. The zero-order valence-corrected chi connectivity index (χ0v) is 12.3. The van der Waals surface area contributed by atoms with Gasteiger partial charge >= 0.3 is 5.69 Å². The van der Waals surface area contributed by atoms with Gasteiger partial charge in [-0.05, 0) is 30.4 Å². The number of fused-ring (bicyclic) bond motifs is 1. The molecule has 1 aliphatic rings. The summed E-state index contributed by atoms with van der Waals surface area (Å²) in [6.45, 7) is 5.30. The second-order valence-electron chi connectivity index (χ2n) is 6.13. The van der Waals surface area contributed by atoms with Crippen LogP contribution >= 0.6 is 0 Å². The van der Waals surface area contributed by atoms with Gasteiger partial charge in [-0.15, -0.1) is 0 Å². The summed E-state index contributed by atoms with van der Waals surface area (Å²) in [7, 11) is 0. The zero-order valence-electron chi connectivity index (χ0n) is 12.3. The Hall–Kier alpha value is -1.95. The number of aromatic nitrogens is 3. The molecule has 6 nitrogen and oxygen atoms in total. The summed E-state index contributed by atoms with van der Waals surface area (Å²) in [6.07, 6.45) is 4.18. The van der Waals surface area contributed by atoms with Crippen LogP contribution in [0.3, 0.4) is 0 Å². The van der Waals surface area contributed by atoms with Gasteiger partial charge in [0.05, 0.1) is 5.39 Å². The smallest absolute Gasteiger partial charge is 0.310 e. The van der Waals surface area contributed by atoms with Crippen LogP contribution in [0.4, 0.5) is 0 Å². The molecular weight excluding hydrogens is 268 g/mol. The molecule has 6 heteroatoms. The van der Waals surface area contributed by atoms with Crippen molar-refractivity contribution in [3.63, 3.8) is 0 Å². The average molecular weight is 288 g/mol. The van der Waals surface area contributed by atoms with Crippen molar-refractivity contribution >= 4 is 11.0 Å². The lowest BCUT2D eigenvalue weighted by Gasteiger charge is -2.11. The highest BCUT2D eigenvalue weighted by Crippen LogP contribution is 2.19. The Bertz CT molecular complexity index is 771. The van der Waals surface area contributed by atoms with Crippen LogP contribution in [0.1, 0.15) is 32.3 Å². The molecule has 2 N–H and O–H groups in total. The van der Waals surface area contributed by atoms with E-state index in [4.69, 9.17) is 0 Å². The maximum absolute atomic E-state index is 12.0. The quantitative estimate of drug-likeness (QED) is 0.860. The number of rotatable bonds is 5. The van der Waals surface area contributed by atoms with Gasteiger partial charge in [-0.2, -0.15) is 0 Å². The Morgan fingerprint density at radius 3 is 2.86 bits per heavy atom. The summed E-state index contributed by atoms with van der Waals surface area (Å²) in [4.78, 5) is 30.7. The van der Waals surface area contributed by atoms with Gasteiger partial charge < -0.3 is 5.32 Å². The summed E-state index contributed by atoms with van der Waals surface area (Å²) < 4.78 is 1.54. The number of nitrogens with one attached hydrogen (secondary N) is 2.